The van der Waals surface area contributed by atoms with Crippen LogP contribution in [0, 0.1) is 17.8 Å². The molecule has 1 fully saturated rings. The van der Waals surface area contributed by atoms with E-state index in [0.29, 0.717) is 29.5 Å². The minimum absolute atomic E-state index is 0.0314. The first kappa shape index (κ1) is 20.8. The van der Waals surface area contributed by atoms with E-state index in [4.69, 9.17) is 4.74 Å². The lowest BCUT2D eigenvalue weighted by Gasteiger charge is -2.18. The summed E-state index contributed by atoms with van der Waals surface area (Å²) in [6, 6.07) is 0.234. The van der Waals surface area contributed by atoms with Crippen LogP contribution in [0.2, 0.25) is 0 Å². The van der Waals surface area contributed by atoms with Crippen LogP contribution in [0.15, 0.2) is 41.6 Å². The van der Waals surface area contributed by atoms with Gasteiger partial charge in [-0.3, -0.25) is 4.79 Å². The lowest BCUT2D eigenvalue weighted by atomic mass is 9.86. The minimum Gasteiger partial charge on any atom is -0.456 e. The molecule has 0 N–H and O–H groups in total. The zero-order valence-corrected chi connectivity index (χ0v) is 18.0. The van der Waals surface area contributed by atoms with Crippen molar-refractivity contribution < 1.29 is 14.3 Å². The smallest absolute Gasteiger partial charge is 0.334 e. The fourth-order valence-corrected chi connectivity index (χ4v) is 5.07. The number of fused-ring (bicyclic) bond motifs is 1. The van der Waals surface area contributed by atoms with Gasteiger partial charge in [-0.25, -0.2) is 9.48 Å². The van der Waals surface area contributed by atoms with Gasteiger partial charge in [0.25, 0.3) is 0 Å². The van der Waals surface area contributed by atoms with Crippen molar-refractivity contribution in [1.82, 2.24) is 15.0 Å². The molecule has 1 saturated carbocycles. The topological polar surface area (TPSA) is 74.1 Å². The van der Waals surface area contributed by atoms with Crippen LogP contribution in [-0.4, -0.2) is 26.7 Å². The van der Waals surface area contributed by atoms with Gasteiger partial charge in [0.05, 0.1) is 12.2 Å². The van der Waals surface area contributed by atoms with E-state index in [-0.39, 0.29) is 30.3 Å². The molecule has 1 aromatic heterocycles. The van der Waals surface area contributed by atoms with Crippen LogP contribution < -0.4 is 0 Å². The number of nitrogens with zero attached hydrogens (tertiary/aromatic N) is 3. The van der Waals surface area contributed by atoms with Crippen molar-refractivity contribution in [2.75, 3.05) is 0 Å². The monoisotopic (exact) mass is 409 g/mol. The zero-order valence-electron chi connectivity index (χ0n) is 18.0. The first-order chi connectivity index (χ1) is 14.4. The average molecular weight is 410 g/mol. The Morgan fingerprint density at radius 2 is 2.13 bits per heavy atom. The van der Waals surface area contributed by atoms with Crippen molar-refractivity contribution in [3.63, 3.8) is 0 Å². The van der Waals surface area contributed by atoms with Crippen LogP contribution in [0.25, 0.3) is 0 Å². The molecule has 1 aromatic rings. The Labute approximate surface area is 178 Å². The maximum Gasteiger partial charge on any atom is 0.334 e. The van der Waals surface area contributed by atoms with Gasteiger partial charge in [0.1, 0.15) is 12.3 Å². The third-order valence-corrected chi connectivity index (χ3v) is 7.11. The molecule has 3 aliphatic carbocycles. The Morgan fingerprint density at radius 3 is 2.90 bits per heavy atom. The normalized spacial score (nSPS) is 28.9. The maximum atomic E-state index is 12.7. The molecular formula is C24H31N3O3. The Bertz CT molecular complexity index is 911. The van der Waals surface area contributed by atoms with Gasteiger partial charge < -0.3 is 4.74 Å². The first-order valence-electron chi connectivity index (χ1n) is 11.1. The van der Waals surface area contributed by atoms with E-state index in [1.165, 1.54) is 5.57 Å². The van der Waals surface area contributed by atoms with Crippen molar-refractivity contribution in [3.8, 4) is 0 Å². The highest BCUT2D eigenvalue weighted by molar-refractivity contribution is 5.98. The van der Waals surface area contributed by atoms with Crippen molar-refractivity contribution in [2.24, 2.45) is 17.8 Å². The second-order valence-corrected chi connectivity index (χ2v) is 9.06. The van der Waals surface area contributed by atoms with Crippen LogP contribution in [0.5, 0.6) is 0 Å². The summed E-state index contributed by atoms with van der Waals surface area (Å²) in [6.07, 6.45) is 12.8. The summed E-state index contributed by atoms with van der Waals surface area (Å²) >= 11 is 0. The predicted molar refractivity (Wildman–Crippen MR) is 113 cm³/mol. The molecule has 160 valence electrons. The number of carbonyl (C=O) groups is 2. The summed E-state index contributed by atoms with van der Waals surface area (Å²) < 4.78 is 7.36. The van der Waals surface area contributed by atoms with Gasteiger partial charge in [-0.15, -0.1) is 5.10 Å². The molecule has 6 nitrogen and oxygen atoms in total. The maximum absolute atomic E-state index is 12.7. The molecule has 0 aliphatic heterocycles. The third kappa shape index (κ3) is 4.18. The van der Waals surface area contributed by atoms with E-state index in [1.807, 2.05) is 17.8 Å². The minimum atomic E-state index is -0.374. The molecular weight excluding hydrogens is 378 g/mol. The van der Waals surface area contributed by atoms with E-state index in [1.54, 1.807) is 0 Å². The second kappa shape index (κ2) is 8.70. The number of aromatic nitrogens is 3. The van der Waals surface area contributed by atoms with Crippen molar-refractivity contribution >= 4 is 11.8 Å². The molecule has 0 aromatic carbocycles. The van der Waals surface area contributed by atoms with Gasteiger partial charge in [0.15, 0.2) is 5.78 Å². The molecule has 4 rings (SSSR count). The Morgan fingerprint density at radius 1 is 1.30 bits per heavy atom. The van der Waals surface area contributed by atoms with Gasteiger partial charge >= 0.3 is 5.97 Å². The molecule has 0 saturated heterocycles. The number of Topliss-reactive ketones (excluding diaryl/α,β-unsaturated/α-hetero) is 1. The van der Waals surface area contributed by atoms with Crippen LogP contribution in [-0.2, 0) is 20.9 Å². The summed E-state index contributed by atoms with van der Waals surface area (Å²) in [6.45, 7) is 8.30. The fraction of sp³-hybridized carbons (Fsp3) is 0.583. The second-order valence-electron chi connectivity index (χ2n) is 9.06. The predicted octanol–water partition coefficient (Wildman–Crippen LogP) is 4.50. The number of hydrogen-bond donors (Lipinski definition) is 0. The summed E-state index contributed by atoms with van der Waals surface area (Å²) in [7, 11) is 0. The highest BCUT2D eigenvalue weighted by Gasteiger charge is 2.38. The number of ether oxygens (including phenoxy) is 1. The average Bonchev–Trinajstić information content (AvgIpc) is 3.30. The molecule has 6 heteroatoms. The number of rotatable bonds is 5. The van der Waals surface area contributed by atoms with Gasteiger partial charge in [-0.05, 0) is 68.8 Å². The van der Waals surface area contributed by atoms with Crippen molar-refractivity contribution in [3.05, 3.63) is 47.3 Å². The number of ketones is 1. The van der Waals surface area contributed by atoms with Gasteiger partial charge in [-0.2, -0.15) is 0 Å². The molecule has 1 unspecified atom stereocenters. The van der Waals surface area contributed by atoms with Crippen LogP contribution in [0.3, 0.4) is 0 Å². The molecule has 4 atom stereocenters. The van der Waals surface area contributed by atoms with Crippen molar-refractivity contribution in [1.29, 1.82) is 0 Å². The van der Waals surface area contributed by atoms with E-state index in [2.05, 4.69) is 36.0 Å². The molecule has 0 spiro atoms. The molecule has 0 amide bonds. The fourth-order valence-electron chi connectivity index (χ4n) is 5.07. The third-order valence-electron chi connectivity index (χ3n) is 7.11. The molecule has 1 heterocycles. The Balaban J connectivity index is 1.36. The van der Waals surface area contributed by atoms with Gasteiger partial charge in [0, 0.05) is 12.0 Å². The Kier molecular flexibility index (Phi) is 6.02. The van der Waals surface area contributed by atoms with Gasteiger partial charge in [-0.1, -0.05) is 36.4 Å². The quantitative estimate of drug-likeness (QED) is 0.407. The highest BCUT2D eigenvalue weighted by Crippen LogP contribution is 2.45. The number of hydrogen-bond acceptors (Lipinski definition) is 5. The SMILES string of the molecule is C=C(C(=O)OCc1cn(C2C=CCCC2)nn1)[C@@H]1CC[C@H](C)[C@@H]2CC(=O)C(C)=C2C1. The largest absolute Gasteiger partial charge is 0.456 e. The standard InChI is InChI=1S/C24H31N3O3/c1-15-9-10-18(11-22-17(3)23(28)12-21(15)22)16(2)24(29)30-14-19-13-27(26-25-19)20-7-5-4-6-8-20/h5,7,13,15,18,20-21H,2,4,6,8-12,14H2,1,3H3/t15-,18+,20?,21-/m0/s1. The number of esters is 1. The number of allylic oxidation sites excluding steroid dienone is 4. The molecule has 0 radical (unpaired) electrons. The number of carbonyl (C=O) groups excluding carboxylic acids is 2. The van der Waals surface area contributed by atoms with Gasteiger partial charge in [0.2, 0.25) is 0 Å². The molecule has 3 aliphatic rings. The summed E-state index contributed by atoms with van der Waals surface area (Å²) in [5, 5.41) is 8.34. The van der Waals surface area contributed by atoms with E-state index >= 15 is 0 Å². The van der Waals surface area contributed by atoms with Crippen LogP contribution in [0.1, 0.15) is 70.5 Å². The van der Waals surface area contributed by atoms with Crippen molar-refractivity contribution in [2.45, 2.75) is 71.4 Å². The van der Waals surface area contributed by atoms with Crippen LogP contribution >= 0.6 is 0 Å². The van der Waals surface area contributed by atoms with E-state index in [0.717, 1.165) is 44.1 Å². The molecule has 30 heavy (non-hydrogen) atoms. The highest BCUT2D eigenvalue weighted by atomic mass is 16.5. The van der Waals surface area contributed by atoms with E-state index < -0.39 is 0 Å². The lowest BCUT2D eigenvalue weighted by Crippen LogP contribution is -2.16. The molecule has 0 bridgehead atoms. The zero-order chi connectivity index (χ0) is 21.3. The van der Waals surface area contributed by atoms with Crippen LogP contribution in [0.4, 0.5) is 0 Å². The van der Waals surface area contributed by atoms with E-state index in [9.17, 15) is 9.59 Å². The summed E-state index contributed by atoms with van der Waals surface area (Å²) in [4.78, 5) is 24.9. The summed E-state index contributed by atoms with van der Waals surface area (Å²) in [5.41, 5.74) is 3.27. The summed E-state index contributed by atoms with van der Waals surface area (Å²) in [5.74, 6) is 0.700. The first-order valence-corrected chi connectivity index (χ1v) is 11.1. The Hall–Kier alpha value is -2.50. The lowest BCUT2D eigenvalue weighted by molar-refractivity contribution is -0.141.